The number of hydrogen-bond acceptors (Lipinski definition) is 5. The molecule has 0 radical (unpaired) electrons. The second-order valence-corrected chi connectivity index (χ2v) is 6.69. The Balaban J connectivity index is 1.61. The average Bonchev–Trinajstić information content (AvgIpc) is 3.36. The lowest BCUT2D eigenvalue weighted by Crippen LogP contribution is -2.34. The normalized spacial score (nSPS) is 17.5. The number of methoxy groups -OCH3 is 1. The van der Waals surface area contributed by atoms with E-state index in [4.69, 9.17) is 13.7 Å². The van der Waals surface area contributed by atoms with Gasteiger partial charge in [-0.05, 0) is 49.2 Å². The molecule has 3 aromatic rings. The quantitative estimate of drug-likeness (QED) is 0.669. The van der Waals surface area contributed by atoms with Gasteiger partial charge in [0.15, 0.2) is 11.5 Å². The zero-order valence-electron chi connectivity index (χ0n) is 15.3. The second-order valence-electron chi connectivity index (χ2n) is 6.69. The Kier molecular flexibility index (Phi) is 4.96. The van der Waals surface area contributed by atoms with Crippen LogP contribution in [0.2, 0.25) is 0 Å². The molecule has 1 aliphatic heterocycles. The van der Waals surface area contributed by atoms with Gasteiger partial charge in [-0.25, -0.2) is 0 Å². The molecule has 1 fully saturated rings. The number of aromatic nitrogens is 1. The van der Waals surface area contributed by atoms with Crippen LogP contribution in [0.1, 0.15) is 48.0 Å². The van der Waals surface area contributed by atoms with Gasteiger partial charge in [0.2, 0.25) is 0 Å². The third kappa shape index (κ3) is 3.60. The number of amides is 1. The molecule has 0 saturated carbocycles. The molecule has 0 bridgehead atoms. The van der Waals surface area contributed by atoms with Crippen molar-refractivity contribution >= 4 is 5.91 Å². The van der Waals surface area contributed by atoms with Crippen molar-refractivity contribution in [3.63, 3.8) is 0 Å². The largest absolute Gasteiger partial charge is 0.497 e. The molecule has 2 aromatic heterocycles. The van der Waals surface area contributed by atoms with Crippen LogP contribution in [-0.4, -0.2) is 29.6 Å². The maximum atomic E-state index is 12.9. The van der Waals surface area contributed by atoms with Crippen LogP contribution in [0.4, 0.5) is 0 Å². The third-order valence-corrected chi connectivity index (χ3v) is 4.99. The zero-order valence-corrected chi connectivity index (χ0v) is 15.3. The highest BCUT2D eigenvalue weighted by Gasteiger charge is 2.31. The van der Waals surface area contributed by atoms with Gasteiger partial charge in [-0.2, -0.15) is 0 Å². The first-order valence-corrected chi connectivity index (χ1v) is 9.22. The highest BCUT2D eigenvalue weighted by atomic mass is 16.5. The topological polar surface area (TPSA) is 68.7 Å². The van der Waals surface area contributed by atoms with Crippen LogP contribution in [0.3, 0.4) is 0 Å². The van der Waals surface area contributed by atoms with Crippen molar-refractivity contribution in [2.45, 2.75) is 31.7 Å². The van der Waals surface area contributed by atoms with E-state index in [0.717, 1.165) is 42.7 Å². The van der Waals surface area contributed by atoms with E-state index in [1.165, 1.54) is 6.26 Å². The standard InChI is InChI=1S/C21H22N2O4/c1-25-16-10-8-15(9-11-16)20-14-17(22-27-20)18-6-3-2-4-12-23(18)21(24)19-7-5-13-26-19/h5,7-11,13-14,18H,2-4,6,12H2,1H3/t18-/m0/s1. The maximum Gasteiger partial charge on any atom is 0.290 e. The molecular weight excluding hydrogens is 344 g/mol. The van der Waals surface area contributed by atoms with Crippen molar-refractivity contribution in [3.8, 4) is 17.1 Å². The fourth-order valence-corrected chi connectivity index (χ4v) is 3.54. The Morgan fingerprint density at radius 1 is 1.19 bits per heavy atom. The molecule has 0 N–H and O–H groups in total. The van der Waals surface area contributed by atoms with Crippen LogP contribution in [0.15, 0.2) is 57.7 Å². The van der Waals surface area contributed by atoms with Crippen LogP contribution in [-0.2, 0) is 0 Å². The van der Waals surface area contributed by atoms with E-state index in [-0.39, 0.29) is 11.9 Å². The van der Waals surface area contributed by atoms with E-state index >= 15 is 0 Å². The molecule has 1 saturated heterocycles. The molecule has 4 rings (SSSR count). The van der Waals surface area contributed by atoms with Gasteiger partial charge in [-0.3, -0.25) is 4.79 Å². The fourth-order valence-electron chi connectivity index (χ4n) is 3.54. The number of rotatable bonds is 4. The predicted octanol–water partition coefficient (Wildman–Crippen LogP) is 4.70. The van der Waals surface area contributed by atoms with Crippen LogP contribution in [0.25, 0.3) is 11.3 Å². The van der Waals surface area contributed by atoms with E-state index in [1.807, 2.05) is 35.2 Å². The van der Waals surface area contributed by atoms with E-state index in [2.05, 4.69) is 5.16 Å². The van der Waals surface area contributed by atoms with Crippen LogP contribution < -0.4 is 4.74 Å². The van der Waals surface area contributed by atoms with Crippen molar-refractivity contribution in [2.75, 3.05) is 13.7 Å². The van der Waals surface area contributed by atoms with Crippen LogP contribution >= 0.6 is 0 Å². The number of carbonyl (C=O) groups is 1. The molecule has 3 heterocycles. The number of nitrogens with zero attached hydrogens (tertiary/aromatic N) is 2. The number of ether oxygens (including phenoxy) is 1. The van der Waals surface area contributed by atoms with Gasteiger partial charge in [-0.1, -0.05) is 18.0 Å². The summed E-state index contributed by atoms with van der Waals surface area (Å²) in [5.74, 6) is 1.74. The highest BCUT2D eigenvalue weighted by Crippen LogP contribution is 2.33. The number of carbonyl (C=O) groups excluding carboxylic acids is 1. The Labute approximate surface area is 157 Å². The van der Waals surface area contributed by atoms with Crippen molar-refractivity contribution < 1.29 is 18.5 Å². The molecule has 1 aromatic carbocycles. The summed E-state index contributed by atoms with van der Waals surface area (Å²) in [6.45, 7) is 0.689. The smallest absolute Gasteiger partial charge is 0.290 e. The van der Waals surface area contributed by atoms with Gasteiger partial charge >= 0.3 is 0 Å². The zero-order chi connectivity index (χ0) is 18.6. The minimum atomic E-state index is -0.110. The van der Waals surface area contributed by atoms with Crippen molar-refractivity contribution in [1.29, 1.82) is 0 Å². The first-order valence-electron chi connectivity index (χ1n) is 9.22. The Bertz CT molecular complexity index is 883. The fraction of sp³-hybridized carbons (Fsp3) is 0.333. The van der Waals surface area contributed by atoms with Gasteiger partial charge < -0.3 is 18.6 Å². The molecule has 6 heteroatoms. The van der Waals surface area contributed by atoms with Gasteiger partial charge in [0.05, 0.1) is 19.4 Å². The Hall–Kier alpha value is -3.02. The highest BCUT2D eigenvalue weighted by molar-refractivity contribution is 5.91. The molecular formula is C21H22N2O4. The maximum absolute atomic E-state index is 12.9. The molecule has 27 heavy (non-hydrogen) atoms. The van der Waals surface area contributed by atoms with Crippen molar-refractivity contribution in [1.82, 2.24) is 10.1 Å². The van der Waals surface area contributed by atoms with E-state index in [9.17, 15) is 4.79 Å². The van der Waals surface area contributed by atoms with Gasteiger partial charge in [0, 0.05) is 18.2 Å². The lowest BCUT2D eigenvalue weighted by atomic mass is 10.0. The Morgan fingerprint density at radius 3 is 2.78 bits per heavy atom. The monoisotopic (exact) mass is 366 g/mol. The van der Waals surface area contributed by atoms with E-state index in [0.29, 0.717) is 18.1 Å². The second kappa shape index (κ2) is 7.70. The first kappa shape index (κ1) is 17.4. The molecule has 0 spiro atoms. The molecule has 6 nitrogen and oxygen atoms in total. The predicted molar refractivity (Wildman–Crippen MR) is 99.4 cm³/mol. The van der Waals surface area contributed by atoms with Gasteiger partial charge in [0.25, 0.3) is 5.91 Å². The summed E-state index contributed by atoms with van der Waals surface area (Å²) in [5.41, 5.74) is 1.70. The average molecular weight is 366 g/mol. The van der Waals surface area contributed by atoms with Gasteiger partial charge in [-0.15, -0.1) is 0 Å². The number of likely N-dealkylation sites (tertiary alicyclic amines) is 1. The molecule has 140 valence electrons. The number of hydrogen-bond donors (Lipinski definition) is 0. The number of benzene rings is 1. The Morgan fingerprint density at radius 2 is 2.04 bits per heavy atom. The van der Waals surface area contributed by atoms with Crippen LogP contribution in [0, 0.1) is 0 Å². The minimum absolute atomic E-state index is 0.0964. The van der Waals surface area contributed by atoms with Crippen molar-refractivity contribution in [2.24, 2.45) is 0 Å². The summed E-state index contributed by atoms with van der Waals surface area (Å²) in [6, 6.07) is 12.9. The molecule has 1 atom stereocenters. The summed E-state index contributed by atoms with van der Waals surface area (Å²) in [4.78, 5) is 14.8. The van der Waals surface area contributed by atoms with Crippen molar-refractivity contribution in [3.05, 3.63) is 60.2 Å². The van der Waals surface area contributed by atoms with Gasteiger partial charge in [0.1, 0.15) is 11.4 Å². The van der Waals surface area contributed by atoms with E-state index in [1.54, 1.807) is 19.2 Å². The summed E-state index contributed by atoms with van der Waals surface area (Å²) in [6.07, 6.45) is 5.52. The van der Waals surface area contributed by atoms with Crippen LogP contribution in [0.5, 0.6) is 5.75 Å². The minimum Gasteiger partial charge on any atom is -0.497 e. The SMILES string of the molecule is COc1ccc(-c2cc([C@@H]3CCCCCN3C(=O)c3ccco3)no2)cc1. The first-order chi connectivity index (χ1) is 13.3. The van der Waals surface area contributed by atoms with E-state index < -0.39 is 0 Å². The molecule has 1 aliphatic rings. The molecule has 0 aliphatic carbocycles. The number of furan rings is 1. The molecule has 1 amide bonds. The molecule has 0 unspecified atom stereocenters. The summed E-state index contributed by atoms with van der Waals surface area (Å²) < 4.78 is 16.1. The summed E-state index contributed by atoms with van der Waals surface area (Å²) >= 11 is 0. The third-order valence-electron chi connectivity index (χ3n) is 4.99. The summed E-state index contributed by atoms with van der Waals surface area (Å²) in [5, 5.41) is 4.28. The lowest BCUT2D eigenvalue weighted by Gasteiger charge is -2.27. The lowest BCUT2D eigenvalue weighted by molar-refractivity contribution is 0.0641. The summed E-state index contributed by atoms with van der Waals surface area (Å²) in [7, 11) is 1.64.